The van der Waals surface area contributed by atoms with E-state index < -0.39 is 10.0 Å². The van der Waals surface area contributed by atoms with E-state index in [1.807, 2.05) is 0 Å². The molecule has 0 amide bonds. The molecule has 1 aromatic rings. The van der Waals surface area contributed by atoms with Gasteiger partial charge < -0.3 is 5.73 Å². The van der Waals surface area contributed by atoms with Crippen LogP contribution in [0.15, 0.2) is 6.20 Å². The van der Waals surface area contributed by atoms with Crippen LogP contribution in [0.5, 0.6) is 0 Å². The third-order valence-electron chi connectivity index (χ3n) is 2.39. The van der Waals surface area contributed by atoms with E-state index in [-0.39, 0.29) is 12.3 Å². The quantitative estimate of drug-likeness (QED) is 0.653. The standard InChI is InChI=1S/C8H14N4O2S/c9-8-7(3-10-12-8)4-11-15(13,14)5-6-1-2-6/h3,6,11H,1-2,4-5H2,(H3,9,10,12). The molecule has 1 heterocycles. The molecule has 1 aliphatic carbocycles. The first-order chi connectivity index (χ1) is 7.07. The molecule has 15 heavy (non-hydrogen) atoms. The van der Waals surface area contributed by atoms with E-state index in [9.17, 15) is 8.42 Å². The largest absolute Gasteiger partial charge is 0.384 e. The SMILES string of the molecule is Nc1[nH]ncc1CNS(=O)(=O)CC1CC1. The highest BCUT2D eigenvalue weighted by molar-refractivity contribution is 7.89. The van der Waals surface area contributed by atoms with Crippen molar-refractivity contribution in [3.05, 3.63) is 11.8 Å². The molecule has 0 spiro atoms. The summed E-state index contributed by atoms with van der Waals surface area (Å²) in [6.45, 7) is 0.206. The lowest BCUT2D eigenvalue weighted by molar-refractivity contribution is 0.577. The second-order valence-electron chi connectivity index (χ2n) is 3.85. The monoisotopic (exact) mass is 230 g/mol. The van der Waals surface area contributed by atoms with Gasteiger partial charge in [0.15, 0.2) is 0 Å². The second-order valence-corrected chi connectivity index (χ2v) is 5.71. The molecule has 1 aromatic heterocycles. The van der Waals surface area contributed by atoms with Gasteiger partial charge in [0.1, 0.15) is 5.82 Å². The van der Waals surface area contributed by atoms with Crippen molar-refractivity contribution in [3.8, 4) is 0 Å². The molecule has 0 unspecified atom stereocenters. The highest BCUT2D eigenvalue weighted by atomic mass is 32.2. The molecule has 0 bridgehead atoms. The molecule has 2 rings (SSSR count). The molecular formula is C8H14N4O2S. The summed E-state index contributed by atoms with van der Waals surface area (Å²) >= 11 is 0. The number of hydrogen-bond donors (Lipinski definition) is 3. The fourth-order valence-electron chi connectivity index (χ4n) is 1.30. The topological polar surface area (TPSA) is 101 Å². The van der Waals surface area contributed by atoms with E-state index in [2.05, 4.69) is 14.9 Å². The number of nitrogens with two attached hydrogens (primary N) is 1. The maximum atomic E-state index is 11.5. The highest BCUT2D eigenvalue weighted by Crippen LogP contribution is 2.29. The molecule has 0 radical (unpaired) electrons. The highest BCUT2D eigenvalue weighted by Gasteiger charge is 2.27. The predicted octanol–water partition coefficient (Wildman–Crippen LogP) is -0.179. The van der Waals surface area contributed by atoms with Gasteiger partial charge in [0.2, 0.25) is 10.0 Å². The van der Waals surface area contributed by atoms with Crippen molar-refractivity contribution < 1.29 is 8.42 Å². The fourth-order valence-corrected chi connectivity index (χ4v) is 2.75. The zero-order chi connectivity index (χ0) is 10.9. The molecule has 0 atom stereocenters. The molecule has 6 nitrogen and oxygen atoms in total. The van der Waals surface area contributed by atoms with Gasteiger partial charge in [-0.25, -0.2) is 13.1 Å². The summed E-state index contributed by atoms with van der Waals surface area (Å²) in [6, 6.07) is 0. The number of nitrogens with one attached hydrogen (secondary N) is 2. The van der Waals surface area contributed by atoms with Crippen LogP contribution in [0.2, 0.25) is 0 Å². The minimum Gasteiger partial charge on any atom is -0.384 e. The van der Waals surface area contributed by atoms with E-state index in [0.717, 1.165) is 12.8 Å². The number of hydrogen-bond acceptors (Lipinski definition) is 4. The Balaban J connectivity index is 1.89. The molecule has 7 heteroatoms. The van der Waals surface area contributed by atoms with Gasteiger partial charge in [-0.3, -0.25) is 5.10 Å². The van der Waals surface area contributed by atoms with Crippen LogP contribution in [-0.2, 0) is 16.6 Å². The summed E-state index contributed by atoms with van der Waals surface area (Å²) in [5.41, 5.74) is 6.21. The molecule has 84 valence electrons. The van der Waals surface area contributed by atoms with Crippen molar-refractivity contribution >= 4 is 15.8 Å². The number of rotatable bonds is 5. The Morgan fingerprint density at radius 1 is 1.60 bits per heavy atom. The molecular weight excluding hydrogens is 216 g/mol. The van der Waals surface area contributed by atoms with Crippen LogP contribution >= 0.6 is 0 Å². The first-order valence-corrected chi connectivity index (χ1v) is 6.47. The van der Waals surface area contributed by atoms with Gasteiger partial charge in [-0.1, -0.05) is 0 Å². The minimum atomic E-state index is -3.16. The van der Waals surface area contributed by atoms with Gasteiger partial charge >= 0.3 is 0 Å². The van der Waals surface area contributed by atoms with Crippen LogP contribution in [0.3, 0.4) is 0 Å². The number of H-pyrrole nitrogens is 1. The number of anilines is 1. The minimum absolute atomic E-state index is 0.206. The van der Waals surface area contributed by atoms with Crippen molar-refractivity contribution in [3.63, 3.8) is 0 Å². The summed E-state index contributed by atoms with van der Waals surface area (Å²) in [5, 5.41) is 6.26. The Morgan fingerprint density at radius 3 is 2.87 bits per heavy atom. The number of aromatic nitrogens is 2. The van der Waals surface area contributed by atoms with E-state index >= 15 is 0 Å². The summed E-state index contributed by atoms with van der Waals surface area (Å²) < 4.78 is 25.5. The van der Waals surface area contributed by atoms with Crippen LogP contribution in [-0.4, -0.2) is 24.4 Å². The van der Waals surface area contributed by atoms with Crippen LogP contribution in [0.25, 0.3) is 0 Å². The Kier molecular flexibility index (Phi) is 2.66. The summed E-state index contributed by atoms with van der Waals surface area (Å²) in [5.74, 6) is 0.985. The first-order valence-electron chi connectivity index (χ1n) is 4.82. The summed E-state index contributed by atoms with van der Waals surface area (Å²) in [6.07, 6.45) is 3.57. The number of nitrogen functional groups attached to an aromatic ring is 1. The Hall–Kier alpha value is -1.08. The van der Waals surface area contributed by atoms with E-state index in [1.165, 1.54) is 6.20 Å². The average Bonchev–Trinajstić information content (AvgIpc) is 2.84. The van der Waals surface area contributed by atoms with Gasteiger partial charge in [0.05, 0.1) is 11.9 Å². The lowest BCUT2D eigenvalue weighted by atomic mass is 10.3. The zero-order valence-electron chi connectivity index (χ0n) is 8.23. The molecule has 0 aliphatic heterocycles. The molecule has 1 fully saturated rings. The lowest BCUT2D eigenvalue weighted by Gasteiger charge is -2.04. The maximum Gasteiger partial charge on any atom is 0.212 e. The Labute approximate surface area is 88.3 Å². The smallest absolute Gasteiger partial charge is 0.212 e. The van der Waals surface area contributed by atoms with Gasteiger partial charge in [0.25, 0.3) is 0 Å². The van der Waals surface area contributed by atoms with Crippen molar-refractivity contribution in [2.45, 2.75) is 19.4 Å². The Morgan fingerprint density at radius 2 is 2.33 bits per heavy atom. The number of nitrogens with zero attached hydrogens (tertiary/aromatic N) is 1. The van der Waals surface area contributed by atoms with Crippen molar-refractivity contribution in [1.29, 1.82) is 0 Å². The molecule has 1 aliphatic rings. The van der Waals surface area contributed by atoms with E-state index in [0.29, 0.717) is 17.3 Å². The molecule has 4 N–H and O–H groups in total. The predicted molar refractivity (Wildman–Crippen MR) is 56.4 cm³/mol. The maximum absolute atomic E-state index is 11.5. The third-order valence-corrected chi connectivity index (χ3v) is 3.88. The fraction of sp³-hybridized carbons (Fsp3) is 0.625. The van der Waals surface area contributed by atoms with Crippen LogP contribution in [0.1, 0.15) is 18.4 Å². The van der Waals surface area contributed by atoms with Gasteiger partial charge in [-0.15, -0.1) is 0 Å². The second kappa shape index (κ2) is 3.82. The normalized spacial score (nSPS) is 16.8. The number of aromatic amines is 1. The average molecular weight is 230 g/mol. The summed E-state index contributed by atoms with van der Waals surface area (Å²) in [7, 11) is -3.16. The van der Waals surface area contributed by atoms with Crippen molar-refractivity contribution in [2.24, 2.45) is 5.92 Å². The van der Waals surface area contributed by atoms with Crippen molar-refractivity contribution in [2.75, 3.05) is 11.5 Å². The van der Waals surface area contributed by atoms with Crippen molar-refractivity contribution in [1.82, 2.24) is 14.9 Å². The van der Waals surface area contributed by atoms with Crippen LogP contribution in [0.4, 0.5) is 5.82 Å². The van der Waals surface area contributed by atoms with E-state index in [4.69, 9.17) is 5.73 Å². The van der Waals surface area contributed by atoms with E-state index in [1.54, 1.807) is 0 Å². The third kappa shape index (κ3) is 2.93. The Bertz CT molecular complexity index is 435. The van der Waals surface area contributed by atoms with Gasteiger partial charge in [-0.2, -0.15) is 5.10 Å². The summed E-state index contributed by atoms with van der Waals surface area (Å²) in [4.78, 5) is 0. The molecule has 1 saturated carbocycles. The lowest BCUT2D eigenvalue weighted by Crippen LogP contribution is -2.26. The van der Waals surface area contributed by atoms with Gasteiger partial charge in [0, 0.05) is 12.1 Å². The molecule has 0 saturated heterocycles. The molecule has 0 aromatic carbocycles. The number of sulfonamides is 1. The van der Waals surface area contributed by atoms with Crippen LogP contribution < -0.4 is 10.5 Å². The zero-order valence-corrected chi connectivity index (χ0v) is 9.05. The van der Waals surface area contributed by atoms with Crippen LogP contribution in [0, 0.1) is 5.92 Å². The first kappa shape index (κ1) is 10.4. The van der Waals surface area contributed by atoms with Gasteiger partial charge in [-0.05, 0) is 18.8 Å².